The molecular weight excluding hydrogens is 528 g/mol. The van der Waals surface area contributed by atoms with Crippen LogP contribution >= 0.6 is 0 Å². The number of hydrogen-bond acceptors (Lipinski definition) is 7. The number of hydrogen-bond donors (Lipinski definition) is 1. The van der Waals surface area contributed by atoms with Gasteiger partial charge in [-0.3, -0.25) is 9.52 Å². The van der Waals surface area contributed by atoms with E-state index in [-0.39, 0.29) is 17.2 Å². The van der Waals surface area contributed by atoms with Gasteiger partial charge in [-0.15, -0.1) is 0 Å². The maximum atomic E-state index is 13.4. The number of carbonyl (C=O) groups is 1. The number of ether oxygens (including phenoxy) is 2. The summed E-state index contributed by atoms with van der Waals surface area (Å²) in [6.07, 6.45) is 0.932. The van der Waals surface area contributed by atoms with Crippen LogP contribution in [0.15, 0.2) is 65.6 Å². The number of anilines is 2. The molecule has 3 aromatic rings. The molecule has 0 saturated carbocycles. The summed E-state index contributed by atoms with van der Waals surface area (Å²) in [5.41, 5.74) is 4.64. The number of rotatable bonds is 8. The van der Waals surface area contributed by atoms with Gasteiger partial charge < -0.3 is 24.2 Å². The first-order valence-electron chi connectivity index (χ1n) is 13.4. The summed E-state index contributed by atoms with van der Waals surface area (Å²) in [6, 6.07) is 17.5. The summed E-state index contributed by atoms with van der Waals surface area (Å²) in [4.78, 5) is 20.1. The first-order valence-corrected chi connectivity index (χ1v) is 14.9. The average Bonchev–Trinajstić information content (AvgIpc) is 2.97. The average molecular weight is 565 g/mol. The Balaban J connectivity index is 1.28. The molecule has 5 rings (SSSR count). The number of nitrogens with zero attached hydrogens (tertiary/aromatic N) is 3. The van der Waals surface area contributed by atoms with Gasteiger partial charge in [-0.05, 0) is 55.4 Å². The van der Waals surface area contributed by atoms with Crippen molar-refractivity contribution < 1.29 is 22.7 Å². The molecular formula is C30H36N4O5S. The first-order chi connectivity index (χ1) is 19.3. The number of sulfonamides is 1. The van der Waals surface area contributed by atoms with Gasteiger partial charge in [-0.25, -0.2) is 8.42 Å². The number of carbonyl (C=O) groups excluding carboxylic acids is 1. The van der Waals surface area contributed by atoms with Gasteiger partial charge in [-0.1, -0.05) is 24.3 Å². The van der Waals surface area contributed by atoms with Gasteiger partial charge in [0.15, 0.2) is 0 Å². The SMILES string of the molecule is COc1ccccc1NS(=O)(=O)c1ccc(CC(=O)N2CCc3c(OC)ccc(N4CCN(C)CC4)c3C2)cc1. The molecule has 0 unspecified atom stereocenters. The van der Waals surface area contributed by atoms with E-state index in [0.29, 0.717) is 24.5 Å². The molecule has 212 valence electrons. The van der Waals surface area contributed by atoms with Crippen LogP contribution in [-0.4, -0.2) is 78.1 Å². The standard InChI is InChI=1S/C30H36N4O5S/c1-32-16-18-33(19-17-32)27-12-13-28(38-2)24-14-15-34(21-25(24)27)30(35)20-22-8-10-23(11-9-22)40(36,37)31-26-6-4-5-7-29(26)39-3/h4-13,31H,14-21H2,1-3H3. The molecule has 1 N–H and O–H groups in total. The number of amides is 1. The number of methoxy groups -OCH3 is 2. The predicted molar refractivity (Wildman–Crippen MR) is 156 cm³/mol. The summed E-state index contributed by atoms with van der Waals surface area (Å²) >= 11 is 0. The molecule has 0 atom stereocenters. The van der Waals surface area contributed by atoms with Crippen molar-refractivity contribution in [3.63, 3.8) is 0 Å². The predicted octanol–water partition coefficient (Wildman–Crippen LogP) is 3.38. The molecule has 0 aliphatic carbocycles. The van der Waals surface area contributed by atoms with Crippen LogP contribution in [0.3, 0.4) is 0 Å². The van der Waals surface area contributed by atoms with E-state index in [0.717, 1.165) is 49.5 Å². The number of likely N-dealkylation sites (N-methyl/N-ethyl adjacent to an activating group) is 1. The van der Waals surface area contributed by atoms with E-state index in [1.54, 1.807) is 43.5 Å². The Morgan fingerprint density at radius 1 is 0.850 bits per heavy atom. The summed E-state index contributed by atoms with van der Waals surface area (Å²) in [5, 5.41) is 0. The second kappa shape index (κ2) is 11.8. The summed E-state index contributed by atoms with van der Waals surface area (Å²) in [6.45, 7) is 5.05. The van der Waals surface area contributed by atoms with Gasteiger partial charge in [0.25, 0.3) is 10.0 Å². The van der Waals surface area contributed by atoms with Crippen LogP contribution in [0.5, 0.6) is 11.5 Å². The fourth-order valence-electron chi connectivity index (χ4n) is 5.38. The van der Waals surface area contributed by atoms with E-state index in [9.17, 15) is 13.2 Å². The third kappa shape index (κ3) is 5.88. The number of fused-ring (bicyclic) bond motifs is 1. The van der Waals surface area contributed by atoms with Gasteiger partial charge >= 0.3 is 0 Å². The van der Waals surface area contributed by atoms with E-state index in [1.807, 2.05) is 11.0 Å². The van der Waals surface area contributed by atoms with Gasteiger partial charge in [0.1, 0.15) is 11.5 Å². The van der Waals surface area contributed by atoms with E-state index in [4.69, 9.17) is 9.47 Å². The summed E-state index contributed by atoms with van der Waals surface area (Å²) in [5.74, 6) is 1.32. The number of benzene rings is 3. The van der Waals surface area contributed by atoms with E-state index < -0.39 is 10.0 Å². The highest BCUT2D eigenvalue weighted by molar-refractivity contribution is 7.92. The van der Waals surface area contributed by atoms with Crippen molar-refractivity contribution in [2.24, 2.45) is 0 Å². The van der Waals surface area contributed by atoms with Crippen LogP contribution in [0.4, 0.5) is 11.4 Å². The molecule has 0 bridgehead atoms. The first kappa shape index (κ1) is 27.8. The smallest absolute Gasteiger partial charge is 0.262 e. The molecule has 1 fully saturated rings. The normalized spacial score (nSPS) is 15.9. The zero-order valence-corrected chi connectivity index (χ0v) is 24.0. The lowest BCUT2D eigenvalue weighted by atomic mass is 9.95. The van der Waals surface area contributed by atoms with Crippen molar-refractivity contribution in [1.29, 1.82) is 0 Å². The van der Waals surface area contributed by atoms with Crippen molar-refractivity contribution in [3.05, 3.63) is 77.4 Å². The zero-order chi connectivity index (χ0) is 28.3. The molecule has 10 heteroatoms. The lowest BCUT2D eigenvalue weighted by Crippen LogP contribution is -2.45. The molecule has 40 heavy (non-hydrogen) atoms. The Bertz CT molecular complexity index is 1470. The minimum atomic E-state index is -3.82. The van der Waals surface area contributed by atoms with Crippen LogP contribution in [0.2, 0.25) is 0 Å². The van der Waals surface area contributed by atoms with Crippen LogP contribution in [0.1, 0.15) is 16.7 Å². The third-order valence-electron chi connectivity index (χ3n) is 7.70. The third-order valence-corrected chi connectivity index (χ3v) is 9.08. The van der Waals surface area contributed by atoms with E-state index in [1.165, 1.54) is 30.5 Å². The van der Waals surface area contributed by atoms with Crippen LogP contribution in [-0.2, 0) is 34.2 Å². The van der Waals surface area contributed by atoms with E-state index >= 15 is 0 Å². The Kier molecular flexibility index (Phi) is 8.18. The Labute approximate surface area is 236 Å². The minimum absolute atomic E-state index is 0.0144. The van der Waals surface area contributed by atoms with Crippen molar-refractivity contribution in [2.45, 2.75) is 24.3 Å². The fraction of sp³-hybridized carbons (Fsp3) is 0.367. The fourth-order valence-corrected chi connectivity index (χ4v) is 6.45. The second-order valence-electron chi connectivity index (χ2n) is 10.2. The van der Waals surface area contributed by atoms with Crippen molar-refractivity contribution in [1.82, 2.24) is 9.80 Å². The molecule has 0 radical (unpaired) electrons. The zero-order valence-electron chi connectivity index (χ0n) is 23.2. The molecule has 9 nitrogen and oxygen atoms in total. The highest BCUT2D eigenvalue weighted by Crippen LogP contribution is 2.36. The van der Waals surface area contributed by atoms with Crippen LogP contribution < -0.4 is 19.1 Å². The molecule has 1 amide bonds. The Hall–Kier alpha value is -3.76. The lowest BCUT2D eigenvalue weighted by molar-refractivity contribution is -0.131. The van der Waals surface area contributed by atoms with Crippen molar-refractivity contribution in [2.75, 3.05) is 63.6 Å². The Morgan fingerprint density at radius 2 is 1.55 bits per heavy atom. The largest absolute Gasteiger partial charge is 0.496 e. The van der Waals surface area contributed by atoms with Gasteiger partial charge in [-0.2, -0.15) is 0 Å². The van der Waals surface area contributed by atoms with Crippen LogP contribution in [0, 0.1) is 0 Å². The van der Waals surface area contributed by atoms with Gasteiger partial charge in [0, 0.05) is 56.1 Å². The second-order valence-corrected chi connectivity index (χ2v) is 11.9. The molecule has 0 aromatic heterocycles. The topological polar surface area (TPSA) is 91.4 Å². The van der Waals surface area contributed by atoms with Gasteiger partial charge in [0.05, 0.1) is 31.2 Å². The monoisotopic (exact) mass is 564 g/mol. The number of para-hydroxylation sites is 2. The highest BCUT2D eigenvalue weighted by atomic mass is 32.2. The van der Waals surface area contributed by atoms with Gasteiger partial charge in [0.2, 0.25) is 5.91 Å². The lowest BCUT2D eigenvalue weighted by Gasteiger charge is -2.38. The number of nitrogens with one attached hydrogen (secondary N) is 1. The summed E-state index contributed by atoms with van der Waals surface area (Å²) in [7, 11) is 1.51. The molecule has 2 aliphatic rings. The molecule has 2 heterocycles. The van der Waals surface area contributed by atoms with E-state index in [2.05, 4.69) is 27.6 Å². The molecule has 3 aromatic carbocycles. The quantitative estimate of drug-likeness (QED) is 0.449. The maximum Gasteiger partial charge on any atom is 0.262 e. The molecule has 2 aliphatic heterocycles. The minimum Gasteiger partial charge on any atom is -0.496 e. The van der Waals surface area contributed by atoms with Crippen molar-refractivity contribution in [3.8, 4) is 11.5 Å². The summed E-state index contributed by atoms with van der Waals surface area (Å²) < 4.78 is 39.4. The Morgan fingerprint density at radius 3 is 2.25 bits per heavy atom. The van der Waals surface area contributed by atoms with Crippen LogP contribution in [0.25, 0.3) is 0 Å². The molecule has 0 spiro atoms. The van der Waals surface area contributed by atoms with Crippen molar-refractivity contribution >= 4 is 27.3 Å². The molecule has 1 saturated heterocycles. The highest BCUT2D eigenvalue weighted by Gasteiger charge is 2.28. The maximum absolute atomic E-state index is 13.4. The number of piperazine rings is 1.